The van der Waals surface area contributed by atoms with E-state index in [2.05, 4.69) is 11.4 Å². The zero-order valence-corrected chi connectivity index (χ0v) is 16.8. The predicted octanol–water partition coefficient (Wildman–Crippen LogP) is 3.88. The number of benzene rings is 2. The molecule has 0 aliphatic heterocycles. The van der Waals surface area contributed by atoms with Gasteiger partial charge in [0.1, 0.15) is 12.6 Å². The summed E-state index contributed by atoms with van der Waals surface area (Å²) >= 11 is 1.64. The number of ether oxygens (including phenoxy) is 2. The second-order valence-electron chi connectivity index (χ2n) is 6.28. The van der Waals surface area contributed by atoms with Gasteiger partial charge in [-0.15, -0.1) is 0 Å². The molecule has 2 aromatic rings. The van der Waals surface area contributed by atoms with E-state index < -0.39 is 12.0 Å². The molecule has 0 aromatic heterocycles. The fourth-order valence-electron chi connectivity index (χ4n) is 2.76. The Bertz CT molecular complexity index is 751. The van der Waals surface area contributed by atoms with E-state index in [-0.39, 0.29) is 0 Å². The topological polar surface area (TPSA) is 67.8 Å². The molecule has 0 aliphatic rings. The van der Waals surface area contributed by atoms with Crippen LogP contribution in [0.5, 0.6) is 11.5 Å². The van der Waals surface area contributed by atoms with Crippen molar-refractivity contribution in [3.05, 3.63) is 59.2 Å². The number of carboxylic acids is 1. The fraction of sp³-hybridized carbons (Fsp3) is 0.381. The molecule has 0 spiro atoms. The maximum atomic E-state index is 11.4. The molecule has 6 heteroatoms. The van der Waals surface area contributed by atoms with Gasteiger partial charge < -0.3 is 19.9 Å². The number of methoxy groups -OCH3 is 1. The van der Waals surface area contributed by atoms with E-state index in [0.29, 0.717) is 31.1 Å². The van der Waals surface area contributed by atoms with E-state index in [9.17, 15) is 9.90 Å². The van der Waals surface area contributed by atoms with Crippen LogP contribution < -0.4 is 14.8 Å². The molecule has 146 valence electrons. The Kier molecular flexibility index (Phi) is 8.48. The summed E-state index contributed by atoms with van der Waals surface area (Å²) < 4.78 is 11.5. The number of carbonyl (C=O) groups is 1. The van der Waals surface area contributed by atoms with E-state index >= 15 is 0 Å². The Morgan fingerprint density at radius 1 is 1.26 bits per heavy atom. The van der Waals surface area contributed by atoms with Crippen molar-refractivity contribution in [1.29, 1.82) is 0 Å². The molecule has 2 rings (SSSR count). The van der Waals surface area contributed by atoms with Gasteiger partial charge in [0.2, 0.25) is 0 Å². The van der Waals surface area contributed by atoms with Gasteiger partial charge in [-0.2, -0.15) is 11.8 Å². The van der Waals surface area contributed by atoms with Crippen LogP contribution in [0.4, 0.5) is 0 Å². The zero-order chi connectivity index (χ0) is 19.6. The SMILES string of the molecule is COc1cccc(CNC(CCSC)C(=O)O)c1OCc1cccc(C)c1. The van der Waals surface area contributed by atoms with Gasteiger partial charge in [0, 0.05) is 12.1 Å². The summed E-state index contributed by atoms with van der Waals surface area (Å²) in [5, 5.41) is 12.5. The molecule has 1 unspecified atom stereocenters. The Balaban J connectivity index is 2.12. The summed E-state index contributed by atoms with van der Waals surface area (Å²) in [6.07, 6.45) is 2.54. The quantitative estimate of drug-likeness (QED) is 0.608. The third-order valence-electron chi connectivity index (χ3n) is 4.19. The maximum absolute atomic E-state index is 11.4. The number of hydrogen-bond donors (Lipinski definition) is 2. The van der Waals surface area contributed by atoms with Gasteiger partial charge in [-0.25, -0.2) is 0 Å². The van der Waals surface area contributed by atoms with Crippen LogP contribution in [0.3, 0.4) is 0 Å². The van der Waals surface area contributed by atoms with Crippen LogP contribution >= 0.6 is 11.8 Å². The summed E-state index contributed by atoms with van der Waals surface area (Å²) in [7, 11) is 1.60. The standard InChI is InChI=1S/C21H27NO4S/c1-15-6-4-7-16(12-15)14-26-20-17(8-5-9-19(20)25-2)13-22-18(21(23)24)10-11-27-3/h4-9,12,18,22H,10-11,13-14H2,1-3H3,(H,23,24). The Morgan fingerprint density at radius 2 is 2.04 bits per heavy atom. The molecular weight excluding hydrogens is 362 g/mol. The highest BCUT2D eigenvalue weighted by atomic mass is 32.2. The van der Waals surface area contributed by atoms with Crippen LogP contribution in [0.25, 0.3) is 0 Å². The molecule has 0 amide bonds. The highest BCUT2D eigenvalue weighted by Gasteiger charge is 2.18. The van der Waals surface area contributed by atoms with E-state index in [4.69, 9.17) is 9.47 Å². The first-order chi connectivity index (χ1) is 13.0. The van der Waals surface area contributed by atoms with E-state index in [1.165, 1.54) is 5.56 Å². The highest BCUT2D eigenvalue weighted by Crippen LogP contribution is 2.32. The van der Waals surface area contributed by atoms with Crippen molar-refractivity contribution in [2.24, 2.45) is 0 Å². The molecule has 0 bridgehead atoms. The fourth-order valence-corrected chi connectivity index (χ4v) is 3.24. The van der Waals surface area contributed by atoms with Crippen LogP contribution in [0.2, 0.25) is 0 Å². The number of thioether (sulfide) groups is 1. The number of aryl methyl sites for hydroxylation is 1. The van der Waals surface area contributed by atoms with Crippen LogP contribution in [0, 0.1) is 6.92 Å². The van der Waals surface area contributed by atoms with Crippen LogP contribution in [-0.2, 0) is 17.9 Å². The smallest absolute Gasteiger partial charge is 0.320 e. The molecular formula is C21H27NO4S. The lowest BCUT2D eigenvalue weighted by Crippen LogP contribution is -2.36. The number of rotatable bonds is 11. The van der Waals surface area contributed by atoms with Gasteiger partial charge in [0.05, 0.1) is 7.11 Å². The lowest BCUT2D eigenvalue weighted by molar-refractivity contribution is -0.139. The second kappa shape index (κ2) is 10.8. The van der Waals surface area contributed by atoms with Crippen LogP contribution in [0.15, 0.2) is 42.5 Å². The van der Waals surface area contributed by atoms with E-state index in [0.717, 1.165) is 16.9 Å². The van der Waals surface area contributed by atoms with E-state index in [1.54, 1.807) is 18.9 Å². The van der Waals surface area contributed by atoms with Gasteiger partial charge in [-0.05, 0) is 37.0 Å². The zero-order valence-electron chi connectivity index (χ0n) is 16.0. The minimum Gasteiger partial charge on any atom is -0.493 e. The first-order valence-electron chi connectivity index (χ1n) is 8.84. The summed E-state index contributed by atoms with van der Waals surface area (Å²) in [6, 6.07) is 13.2. The Labute approximate surface area is 165 Å². The van der Waals surface area contributed by atoms with Crippen LogP contribution in [-0.4, -0.2) is 36.2 Å². The Hall–Kier alpha value is -2.18. The van der Waals surface area contributed by atoms with E-state index in [1.807, 2.05) is 49.6 Å². The largest absolute Gasteiger partial charge is 0.493 e. The molecule has 0 heterocycles. The molecule has 0 aliphatic carbocycles. The Morgan fingerprint density at radius 3 is 2.70 bits per heavy atom. The first kappa shape index (κ1) is 21.1. The molecule has 0 radical (unpaired) electrons. The molecule has 5 nitrogen and oxygen atoms in total. The molecule has 27 heavy (non-hydrogen) atoms. The van der Waals surface area contributed by atoms with Gasteiger partial charge in [0.15, 0.2) is 11.5 Å². The third kappa shape index (κ3) is 6.48. The highest BCUT2D eigenvalue weighted by molar-refractivity contribution is 7.98. The molecule has 2 aromatic carbocycles. The number of aliphatic carboxylic acids is 1. The summed E-state index contributed by atoms with van der Waals surface area (Å²) in [4.78, 5) is 11.4. The average Bonchev–Trinajstić information content (AvgIpc) is 2.66. The van der Waals surface area contributed by atoms with Crippen molar-refractivity contribution < 1.29 is 19.4 Å². The number of nitrogens with one attached hydrogen (secondary N) is 1. The average molecular weight is 390 g/mol. The van der Waals surface area contributed by atoms with Crippen molar-refractivity contribution in [3.8, 4) is 11.5 Å². The molecule has 0 saturated carbocycles. The van der Waals surface area contributed by atoms with Gasteiger partial charge >= 0.3 is 5.97 Å². The predicted molar refractivity (Wildman–Crippen MR) is 110 cm³/mol. The van der Waals surface area contributed by atoms with Gasteiger partial charge in [-0.1, -0.05) is 42.0 Å². The normalized spacial score (nSPS) is 11.8. The third-order valence-corrected chi connectivity index (χ3v) is 4.84. The van der Waals surface area contributed by atoms with Crippen molar-refractivity contribution in [2.75, 3.05) is 19.1 Å². The van der Waals surface area contributed by atoms with Crippen LogP contribution in [0.1, 0.15) is 23.1 Å². The number of para-hydroxylation sites is 1. The molecule has 0 fully saturated rings. The second-order valence-corrected chi connectivity index (χ2v) is 7.27. The summed E-state index contributed by atoms with van der Waals surface area (Å²) in [5.74, 6) is 1.23. The van der Waals surface area contributed by atoms with Gasteiger partial charge in [-0.3, -0.25) is 4.79 Å². The number of hydrogen-bond acceptors (Lipinski definition) is 5. The number of carboxylic acid groups (broad SMARTS) is 1. The molecule has 0 saturated heterocycles. The minimum absolute atomic E-state index is 0.395. The lowest BCUT2D eigenvalue weighted by Gasteiger charge is -2.18. The van der Waals surface area contributed by atoms with Gasteiger partial charge in [0.25, 0.3) is 0 Å². The van der Waals surface area contributed by atoms with Crippen molar-refractivity contribution >= 4 is 17.7 Å². The first-order valence-corrected chi connectivity index (χ1v) is 10.2. The van der Waals surface area contributed by atoms with Crippen molar-refractivity contribution in [2.45, 2.75) is 32.5 Å². The lowest BCUT2D eigenvalue weighted by atomic mass is 10.1. The minimum atomic E-state index is -0.839. The molecule has 2 N–H and O–H groups in total. The maximum Gasteiger partial charge on any atom is 0.320 e. The monoisotopic (exact) mass is 389 g/mol. The summed E-state index contributed by atoms with van der Waals surface area (Å²) in [6.45, 7) is 2.86. The molecule has 1 atom stereocenters. The van der Waals surface area contributed by atoms with Crippen molar-refractivity contribution in [1.82, 2.24) is 5.32 Å². The van der Waals surface area contributed by atoms with Crippen molar-refractivity contribution in [3.63, 3.8) is 0 Å². The summed E-state index contributed by atoms with van der Waals surface area (Å²) in [5.41, 5.74) is 3.12.